The highest BCUT2D eigenvalue weighted by molar-refractivity contribution is 5.80. The Hall–Kier alpha value is -1.06. The summed E-state index contributed by atoms with van der Waals surface area (Å²) in [6.07, 6.45) is 8.71. The summed E-state index contributed by atoms with van der Waals surface area (Å²) >= 11 is 0. The van der Waals surface area contributed by atoms with Gasteiger partial charge in [-0.15, -0.1) is 0 Å². The number of amides is 2. The number of hydrogen-bond acceptors (Lipinski definition) is 2. The van der Waals surface area contributed by atoms with Crippen LogP contribution in [0.3, 0.4) is 0 Å². The van der Waals surface area contributed by atoms with Gasteiger partial charge in [0.25, 0.3) is 0 Å². The van der Waals surface area contributed by atoms with Crippen LogP contribution in [0.2, 0.25) is 0 Å². The van der Waals surface area contributed by atoms with Crippen molar-refractivity contribution in [2.75, 3.05) is 0 Å². The third kappa shape index (κ3) is 3.02. The minimum absolute atomic E-state index is 0.150. The monoisotopic (exact) mass is 374 g/mol. The van der Waals surface area contributed by atoms with E-state index in [4.69, 9.17) is 0 Å². The van der Waals surface area contributed by atoms with Crippen molar-refractivity contribution < 1.29 is 9.59 Å². The van der Waals surface area contributed by atoms with Crippen molar-refractivity contribution in [3.63, 3.8) is 0 Å². The Balaban J connectivity index is 1.55. The molecule has 6 unspecified atom stereocenters. The van der Waals surface area contributed by atoms with Crippen LogP contribution in [-0.2, 0) is 9.59 Å². The molecule has 4 heteroatoms. The summed E-state index contributed by atoms with van der Waals surface area (Å²) in [5, 5.41) is 6.57. The van der Waals surface area contributed by atoms with Crippen molar-refractivity contribution in [3.8, 4) is 0 Å². The van der Waals surface area contributed by atoms with Crippen LogP contribution in [0.4, 0.5) is 0 Å². The predicted molar refractivity (Wildman–Crippen MR) is 107 cm³/mol. The van der Waals surface area contributed by atoms with E-state index in [1.807, 2.05) is 0 Å². The SMILES string of the molecule is CC(C)(C)NC(=O)[C@H]1CCC2C3CCC4NC(=O)CCC4(C)C3CCC21C. The number of fused-ring (bicyclic) bond motifs is 5. The van der Waals surface area contributed by atoms with Crippen molar-refractivity contribution in [1.82, 2.24) is 10.6 Å². The van der Waals surface area contributed by atoms with Crippen LogP contribution in [-0.4, -0.2) is 23.4 Å². The van der Waals surface area contributed by atoms with Gasteiger partial charge in [0.2, 0.25) is 11.8 Å². The Kier molecular flexibility index (Phi) is 4.44. The molecule has 2 N–H and O–H groups in total. The maximum atomic E-state index is 13.0. The van der Waals surface area contributed by atoms with Crippen molar-refractivity contribution >= 4 is 11.8 Å². The molecule has 4 rings (SSSR count). The average Bonchev–Trinajstić information content (AvgIpc) is 2.91. The van der Waals surface area contributed by atoms with Crippen molar-refractivity contribution in [2.45, 2.75) is 97.6 Å². The summed E-state index contributed by atoms with van der Waals surface area (Å²) < 4.78 is 0. The molecule has 0 spiro atoms. The van der Waals surface area contributed by atoms with E-state index < -0.39 is 0 Å². The fraction of sp³-hybridized carbons (Fsp3) is 0.913. The lowest BCUT2D eigenvalue weighted by Crippen LogP contribution is -2.61. The number of carbonyl (C=O) groups excluding carboxylic acids is 2. The average molecular weight is 375 g/mol. The number of carbonyl (C=O) groups is 2. The van der Waals surface area contributed by atoms with Gasteiger partial charge in [-0.2, -0.15) is 0 Å². The molecule has 0 aromatic carbocycles. The second kappa shape index (κ2) is 6.22. The van der Waals surface area contributed by atoms with E-state index in [2.05, 4.69) is 45.3 Å². The maximum Gasteiger partial charge on any atom is 0.224 e. The van der Waals surface area contributed by atoms with Crippen LogP contribution >= 0.6 is 0 Å². The molecule has 4 nitrogen and oxygen atoms in total. The first-order valence-electron chi connectivity index (χ1n) is 11.2. The Morgan fingerprint density at radius 2 is 1.70 bits per heavy atom. The van der Waals surface area contributed by atoms with Gasteiger partial charge in [-0.1, -0.05) is 13.8 Å². The topological polar surface area (TPSA) is 58.2 Å². The largest absolute Gasteiger partial charge is 0.353 e. The van der Waals surface area contributed by atoms with Gasteiger partial charge in [0.05, 0.1) is 0 Å². The first-order chi connectivity index (χ1) is 12.5. The lowest BCUT2D eigenvalue weighted by atomic mass is 9.47. The molecule has 1 aliphatic heterocycles. The smallest absolute Gasteiger partial charge is 0.224 e. The quantitative estimate of drug-likeness (QED) is 0.728. The summed E-state index contributed by atoms with van der Waals surface area (Å²) in [5.41, 5.74) is 0.246. The van der Waals surface area contributed by atoms with E-state index in [1.54, 1.807) is 0 Å². The van der Waals surface area contributed by atoms with Crippen molar-refractivity contribution in [3.05, 3.63) is 0 Å². The molecule has 2 amide bonds. The molecule has 0 bridgehead atoms. The zero-order valence-electron chi connectivity index (χ0n) is 17.9. The summed E-state index contributed by atoms with van der Waals surface area (Å²) in [5.74, 6) is 2.79. The molecule has 1 heterocycles. The summed E-state index contributed by atoms with van der Waals surface area (Å²) in [6, 6.07) is 0.366. The Bertz CT molecular complexity index is 639. The lowest BCUT2D eigenvalue weighted by molar-refractivity contribution is -0.142. The van der Waals surface area contributed by atoms with Gasteiger partial charge in [-0.25, -0.2) is 0 Å². The van der Waals surface area contributed by atoms with E-state index in [9.17, 15) is 9.59 Å². The normalized spacial score (nSPS) is 46.7. The van der Waals surface area contributed by atoms with Gasteiger partial charge >= 0.3 is 0 Å². The molecule has 0 aromatic heterocycles. The van der Waals surface area contributed by atoms with Gasteiger partial charge < -0.3 is 10.6 Å². The minimum Gasteiger partial charge on any atom is -0.353 e. The number of piperidine rings is 1. The minimum atomic E-state index is -0.158. The summed E-state index contributed by atoms with van der Waals surface area (Å²) in [4.78, 5) is 25.0. The first-order valence-corrected chi connectivity index (χ1v) is 11.2. The molecule has 4 fully saturated rings. The van der Waals surface area contributed by atoms with E-state index in [1.165, 1.54) is 19.3 Å². The molecule has 27 heavy (non-hydrogen) atoms. The highest BCUT2D eigenvalue weighted by Gasteiger charge is 2.61. The lowest BCUT2D eigenvalue weighted by Gasteiger charge is -2.60. The van der Waals surface area contributed by atoms with Crippen LogP contribution in [0.1, 0.15) is 86.0 Å². The summed E-state index contributed by atoms with van der Waals surface area (Å²) in [7, 11) is 0. The van der Waals surface area contributed by atoms with E-state index >= 15 is 0 Å². The van der Waals surface area contributed by atoms with Crippen LogP contribution in [0.5, 0.6) is 0 Å². The molecule has 0 aromatic rings. The second-order valence-corrected chi connectivity index (χ2v) is 11.5. The van der Waals surface area contributed by atoms with E-state index in [-0.39, 0.29) is 34.1 Å². The van der Waals surface area contributed by atoms with Crippen molar-refractivity contribution in [2.24, 2.45) is 34.5 Å². The van der Waals surface area contributed by atoms with E-state index in [0.29, 0.717) is 24.3 Å². The predicted octanol–water partition coefficient (Wildman–Crippen LogP) is 4.04. The summed E-state index contributed by atoms with van der Waals surface area (Å²) in [6.45, 7) is 11.1. The molecule has 4 aliphatic rings. The van der Waals surface area contributed by atoms with Crippen LogP contribution < -0.4 is 10.6 Å². The molecule has 3 aliphatic carbocycles. The van der Waals surface area contributed by atoms with Crippen LogP contribution in [0, 0.1) is 34.5 Å². The number of nitrogens with one attached hydrogen (secondary N) is 2. The third-order valence-electron chi connectivity index (χ3n) is 8.91. The van der Waals surface area contributed by atoms with Gasteiger partial charge in [0.1, 0.15) is 0 Å². The Morgan fingerprint density at radius 1 is 1.00 bits per heavy atom. The molecular weight excluding hydrogens is 336 g/mol. The van der Waals surface area contributed by atoms with Gasteiger partial charge in [-0.05, 0) is 94.3 Å². The molecule has 3 saturated carbocycles. The second-order valence-electron chi connectivity index (χ2n) is 11.5. The Morgan fingerprint density at radius 3 is 2.41 bits per heavy atom. The standard InChI is InChI=1S/C23H38N2O2/c1-21(2,3)25-20(27)17-8-7-15-14-6-9-18-23(5,13-11-19(26)24-18)16(14)10-12-22(15,17)4/h14-18H,6-13H2,1-5H3,(H,24,26)(H,25,27)/t14?,15?,16?,17-,18?,22?,23?/m1/s1. The van der Waals surface area contributed by atoms with Gasteiger partial charge in [0.15, 0.2) is 0 Å². The zero-order chi connectivity index (χ0) is 19.6. The van der Waals surface area contributed by atoms with Gasteiger partial charge in [0, 0.05) is 23.9 Å². The highest BCUT2D eigenvalue weighted by atomic mass is 16.2. The molecular formula is C23H38N2O2. The number of hydrogen-bond donors (Lipinski definition) is 2. The zero-order valence-corrected chi connectivity index (χ0v) is 17.9. The highest BCUT2D eigenvalue weighted by Crippen LogP contribution is 2.65. The maximum absolute atomic E-state index is 13.0. The fourth-order valence-electron chi connectivity index (χ4n) is 7.59. The van der Waals surface area contributed by atoms with E-state index in [0.717, 1.165) is 31.6 Å². The van der Waals surface area contributed by atoms with Gasteiger partial charge in [-0.3, -0.25) is 9.59 Å². The molecule has 1 saturated heterocycles. The molecule has 152 valence electrons. The Labute approximate surface area is 164 Å². The van der Waals surface area contributed by atoms with Crippen LogP contribution in [0.15, 0.2) is 0 Å². The molecule has 0 radical (unpaired) electrons. The van der Waals surface area contributed by atoms with Crippen molar-refractivity contribution in [1.29, 1.82) is 0 Å². The third-order valence-corrected chi connectivity index (χ3v) is 8.91. The molecule has 7 atom stereocenters. The first kappa shape index (κ1) is 19.3. The number of rotatable bonds is 1. The van der Waals surface area contributed by atoms with Crippen LogP contribution in [0.25, 0.3) is 0 Å². The fourth-order valence-corrected chi connectivity index (χ4v) is 7.59.